The van der Waals surface area contributed by atoms with E-state index in [1.54, 1.807) is 6.20 Å². The number of nitrogens with one attached hydrogen (secondary N) is 1. The van der Waals surface area contributed by atoms with Crippen molar-refractivity contribution in [1.82, 2.24) is 19.9 Å². The van der Waals surface area contributed by atoms with Gasteiger partial charge in [-0.2, -0.15) is 0 Å². The first-order chi connectivity index (χ1) is 14.7. The van der Waals surface area contributed by atoms with Gasteiger partial charge < -0.3 is 5.32 Å². The predicted molar refractivity (Wildman–Crippen MR) is 121 cm³/mol. The van der Waals surface area contributed by atoms with Gasteiger partial charge in [0.1, 0.15) is 0 Å². The molecule has 150 valence electrons. The molecule has 30 heavy (non-hydrogen) atoms. The Morgan fingerprint density at radius 2 is 1.73 bits per heavy atom. The summed E-state index contributed by atoms with van der Waals surface area (Å²) in [4.78, 5) is 21.2. The third-order valence-electron chi connectivity index (χ3n) is 4.62. The van der Waals surface area contributed by atoms with Gasteiger partial charge in [-0.15, -0.1) is 0 Å². The van der Waals surface area contributed by atoms with Crippen LogP contribution in [-0.2, 0) is 11.3 Å². The van der Waals surface area contributed by atoms with Crippen LogP contribution < -0.4 is 5.32 Å². The van der Waals surface area contributed by atoms with Crippen LogP contribution in [0.1, 0.15) is 11.3 Å². The van der Waals surface area contributed by atoms with Gasteiger partial charge in [-0.25, -0.2) is 4.98 Å². The van der Waals surface area contributed by atoms with E-state index >= 15 is 0 Å². The fraction of sp³-hybridized carbons (Fsp3) is 0.125. The molecule has 0 radical (unpaired) electrons. The van der Waals surface area contributed by atoms with E-state index < -0.39 is 0 Å². The molecule has 2 aromatic carbocycles. The van der Waals surface area contributed by atoms with E-state index in [4.69, 9.17) is 0 Å². The zero-order valence-corrected chi connectivity index (χ0v) is 17.5. The lowest BCUT2D eigenvalue weighted by Crippen LogP contribution is -2.25. The molecule has 2 aromatic heterocycles. The minimum absolute atomic E-state index is 0.0508. The summed E-state index contributed by atoms with van der Waals surface area (Å²) in [5, 5.41) is 3.70. The predicted octanol–water partition coefficient (Wildman–Crippen LogP) is 4.65. The molecule has 0 saturated carbocycles. The highest BCUT2D eigenvalue weighted by Gasteiger charge is 2.15. The van der Waals surface area contributed by atoms with Gasteiger partial charge in [-0.3, -0.25) is 14.3 Å². The first kappa shape index (κ1) is 19.9. The van der Waals surface area contributed by atoms with Crippen molar-refractivity contribution in [2.24, 2.45) is 0 Å². The Morgan fingerprint density at radius 1 is 0.967 bits per heavy atom. The van der Waals surface area contributed by atoms with Gasteiger partial charge in [0.2, 0.25) is 5.91 Å². The Bertz CT molecular complexity index is 1110. The van der Waals surface area contributed by atoms with Crippen LogP contribution in [0.4, 0.5) is 0 Å². The topological polar surface area (TPSA) is 59.8 Å². The molecular weight excluding hydrogens is 392 g/mol. The van der Waals surface area contributed by atoms with Crippen LogP contribution in [-0.4, -0.2) is 26.2 Å². The normalized spacial score (nSPS) is 10.7. The second-order valence-electron chi connectivity index (χ2n) is 6.85. The number of amides is 1. The second-order valence-corrected chi connectivity index (χ2v) is 7.79. The maximum atomic E-state index is 12.4. The molecular formula is C24H22N4OS. The molecule has 0 unspecified atom stereocenters. The van der Waals surface area contributed by atoms with Gasteiger partial charge in [-0.05, 0) is 31.2 Å². The summed E-state index contributed by atoms with van der Waals surface area (Å²) in [6.07, 6.45) is 3.59. The lowest BCUT2D eigenvalue weighted by molar-refractivity contribution is -0.118. The van der Waals surface area contributed by atoms with Gasteiger partial charge in [0.05, 0.1) is 29.9 Å². The van der Waals surface area contributed by atoms with Crippen LogP contribution in [0.25, 0.3) is 16.9 Å². The maximum Gasteiger partial charge on any atom is 0.230 e. The van der Waals surface area contributed by atoms with E-state index in [-0.39, 0.29) is 11.7 Å². The number of aromatic nitrogens is 3. The van der Waals surface area contributed by atoms with Gasteiger partial charge >= 0.3 is 0 Å². The largest absolute Gasteiger partial charge is 0.350 e. The van der Waals surface area contributed by atoms with Crippen molar-refractivity contribution >= 4 is 17.7 Å². The molecule has 0 aliphatic rings. The third kappa shape index (κ3) is 4.78. The molecule has 2 heterocycles. The minimum atomic E-state index is -0.0508. The molecule has 0 atom stereocenters. The summed E-state index contributed by atoms with van der Waals surface area (Å²) in [5.41, 5.74) is 5.15. The number of hydrogen-bond donors (Lipinski definition) is 1. The standard InChI is InChI=1S/C24H22N4OS/c1-18-10-12-19(13-11-18)22-16-27-24(28(22)21-8-3-2-4-9-21)30-17-23(29)26-15-20-7-5-6-14-25-20/h2-14,16H,15,17H2,1H3,(H,26,29). The number of carbonyl (C=O) groups excluding carboxylic acids is 1. The summed E-state index contributed by atoms with van der Waals surface area (Å²) in [6.45, 7) is 2.49. The van der Waals surface area contributed by atoms with Gasteiger partial charge in [0, 0.05) is 17.4 Å². The minimum Gasteiger partial charge on any atom is -0.350 e. The number of benzene rings is 2. The number of imidazole rings is 1. The first-order valence-electron chi connectivity index (χ1n) is 9.70. The summed E-state index contributed by atoms with van der Waals surface area (Å²) in [5.74, 6) is 0.231. The Labute approximate surface area is 180 Å². The zero-order chi connectivity index (χ0) is 20.8. The number of rotatable bonds is 7. The molecule has 4 aromatic rings. The number of hydrogen-bond acceptors (Lipinski definition) is 4. The molecule has 0 bridgehead atoms. The molecule has 4 rings (SSSR count). The van der Waals surface area contributed by atoms with Crippen molar-refractivity contribution in [1.29, 1.82) is 0 Å². The summed E-state index contributed by atoms with van der Waals surface area (Å²) in [6, 6.07) is 24.1. The van der Waals surface area contributed by atoms with Crippen molar-refractivity contribution in [3.05, 3.63) is 96.4 Å². The van der Waals surface area contributed by atoms with Gasteiger partial charge in [-0.1, -0.05) is 65.9 Å². The van der Waals surface area contributed by atoms with E-state index in [1.807, 2.05) is 54.7 Å². The monoisotopic (exact) mass is 414 g/mol. The SMILES string of the molecule is Cc1ccc(-c2cnc(SCC(=O)NCc3ccccn3)n2-c2ccccc2)cc1. The molecule has 1 amide bonds. The quantitative estimate of drug-likeness (QED) is 0.447. The van der Waals surface area contributed by atoms with Crippen molar-refractivity contribution in [2.75, 3.05) is 5.75 Å². The lowest BCUT2D eigenvalue weighted by Gasteiger charge is -2.12. The number of para-hydroxylation sites is 1. The molecule has 6 heteroatoms. The molecule has 5 nitrogen and oxygen atoms in total. The van der Waals surface area contributed by atoms with E-state index in [0.29, 0.717) is 6.54 Å². The molecule has 1 N–H and O–H groups in total. The van der Waals surface area contributed by atoms with E-state index in [9.17, 15) is 4.79 Å². The fourth-order valence-electron chi connectivity index (χ4n) is 3.06. The molecule has 0 fully saturated rings. The maximum absolute atomic E-state index is 12.4. The van der Waals surface area contributed by atoms with Crippen LogP contribution in [0.3, 0.4) is 0 Å². The highest BCUT2D eigenvalue weighted by atomic mass is 32.2. The van der Waals surface area contributed by atoms with E-state index in [0.717, 1.165) is 27.8 Å². The van der Waals surface area contributed by atoms with Gasteiger partial charge in [0.25, 0.3) is 0 Å². The number of aryl methyl sites for hydroxylation is 1. The van der Waals surface area contributed by atoms with Crippen molar-refractivity contribution < 1.29 is 4.79 Å². The van der Waals surface area contributed by atoms with E-state index in [1.165, 1.54) is 17.3 Å². The number of thioether (sulfide) groups is 1. The molecule has 0 spiro atoms. The summed E-state index contributed by atoms with van der Waals surface area (Å²) >= 11 is 1.42. The van der Waals surface area contributed by atoms with Crippen LogP contribution in [0.5, 0.6) is 0 Å². The fourth-order valence-corrected chi connectivity index (χ4v) is 3.89. The van der Waals surface area contributed by atoms with Crippen molar-refractivity contribution in [3.63, 3.8) is 0 Å². The van der Waals surface area contributed by atoms with Crippen molar-refractivity contribution in [3.8, 4) is 16.9 Å². The smallest absolute Gasteiger partial charge is 0.230 e. The van der Waals surface area contributed by atoms with E-state index in [2.05, 4.69) is 51.0 Å². The average Bonchev–Trinajstić information content (AvgIpc) is 3.22. The average molecular weight is 415 g/mol. The number of pyridine rings is 1. The van der Waals surface area contributed by atoms with Crippen LogP contribution in [0, 0.1) is 6.92 Å². The van der Waals surface area contributed by atoms with Crippen molar-refractivity contribution in [2.45, 2.75) is 18.6 Å². The highest BCUT2D eigenvalue weighted by Crippen LogP contribution is 2.30. The van der Waals surface area contributed by atoms with Crippen LogP contribution in [0.15, 0.2) is 90.3 Å². The second kappa shape index (κ2) is 9.41. The molecule has 0 aliphatic heterocycles. The zero-order valence-electron chi connectivity index (χ0n) is 16.7. The Morgan fingerprint density at radius 3 is 2.47 bits per heavy atom. The third-order valence-corrected chi connectivity index (χ3v) is 5.57. The first-order valence-corrected chi connectivity index (χ1v) is 10.7. The summed E-state index contributed by atoms with van der Waals surface area (Å²) < 4.78 is 2.10. The number of carbonyl (C=O) groups is 1. The Kier molecular flexibility index (Phi) is 6.25. The van der Waals surface area contributed by atoms with Gasteiger partial charge in [0.15, 0.2) is 5.16 Å². The van der Waals surface area contributed by atoms with Crippen LogP contribution >= 0.6 is 11.8 Å². The lowest BCUT2D eigenvalue weighted by atomic mass is 10.1. The van der Waals surface area contributed by atoms with Crippen LogP contribution in [0.2, 0.25) is 0 Å². The Hall–Kier alpha value is -3.38. The molecule has 0 saturated heterocycles. The molecule has 0 aliphatic carbocycles. The summed E-state index contributed by atoms with van der Waals surface area (Å²) in [7, 11) is 0. The highest BCUT2D eigenvalue weighted by molar-refractivity contribution is 7.99. The Balaban J connectivity index is 1.53. The number of nitrogens with zero attached hydrogens (tertiary/aromatic N) is 3.